The molecule has 1 aliphatic rings. The SMILES string of the molecule is CC(C)CNCCCN1CCCC(C(C)(C)C)CC1. The summed E-state index contributed by atoms with van der Waals surface area (Å²) >= 11 is 0. The molecule has 114 valence electrons. The molecule has 0 aromatic carbocycles. The summed E-state index contributed by atoms with van der Waals surface area (Å²) in [5.41, 5.74) is 0.495. The molecule has 0 spiro atoms. The van der Waals surface area contributed by atoms with Crippen LogP contribution in [0.5, 0.6) is 0 Å². The minimum atomic E-state index is 0.495. The molecule has 0 aromatic heterocycles. The van der Waals surface area contributed by atoms with E-state index in [4.69, 9.17) is 0 Å². The largest absolute Gasteiger partial charge is 0.316 e. The molecule has 0 aromatic rings. The Morgan fingerprint density at radius 1 is 1.16 bits per heavy atom. The Kier molecular flexibility index (Phi) is 7.38. The molecule has 2 heteroatoms. The van der Waals surface area contributed by atoms with E-state index in [2.05, 4.69) is 44.8 Å². The Hall–Kier alpha value is -0.0800. The fraction of sp³-hybridized carbons (Fsp3) is 1.00. The summed E-state index contributed by atoms with van der Waals surface area (Å²) in [5.74, 6) is 1.68. The summed E-state index contributed by atoms with van der Waals surface area (Å²) in [7, 11) is 0. The van der Waals surface area contributed by atoms with Crippen LogP contribution in [0, 0.1) is 17.3 Å². The first-order valence-corrected chi connectivity index (χ1v) is 8.32. The van der Waals surface area contributed by atoms with Gasteiger partial charge in [-0.25, -0.2) is 0 Å². The Morgan fingerprint density at radius 3 is 2.53 bits per heavy atom. The van der Waals surface area contributed by atoms with Gasteiger partial charge in [-0.15, -0.1) is 0 Å². The molecule has 1 heterocycles. The zero-order chi connectivity index (χ0) is 14.3. The first kappa shape index (κ1) is 17.0. The highest BCUT2D eigenvalue weighted by molar-refractivity contribution is 4.78. The van der Waals surface area contributed by atoms with Crippen molar-refractivity contribution in [2.24, 2.45) is 17.3 Å². The van der Waals surface area contributed by atoms with Crippen LogP contribution in [0.3, 0.4) is 0 Å². The van der Waals surface area contributed by atoms with Gasteiger partial charge in [-0.05, 0) is 75.7 Å². The first-order valence-electron chi connectivity index (χ1n) is 8.32. The van der Waals surface area contributed by atoms with E-state index < -0.39 is 0 Å². The molecule has 1 atom stereocenters. The standard InChI is InChI=1S/C17H36N2/c1-15(2)14-18-10-7-12-19-11-6-8-16(9-13-19)17(3,4)5/h15-16,18H,6-14H2,1-5H3. The predicted molar refractivity (Wildman–Crippen MR) is 85.6 cm³/mol. The maximum absolute atomic E-state index is 3.55. The van der Waals surface area contributed by atoms with Crippen molar-refractivity contribution >= 4 is 0 Å². The highest BCUT2D eigenvalue weighted by Gasteiger charge is 2.26. The quantitative estimate of drug-likeness (QED) is 0.738. The smallest absolute Gasteiger partial charge is 0.000664 e. The van der Waals surface area contributed by atoms with Crippen LogP contribution in [0.25, 0.3) is 0 Å². The van der Waals surface area contributed by atoms with Gasteiger partial charge in [-0.1, -0.05) is 34.6 Å². The average molecular weight is 268 g/mol. The number of nitrogens with one attached hydrogen (secondary N) is 1. The van der Waals surface area contributed by atoms with Gasteiger partial charge in [0.25, 0.3) is 0 Å². The van der Waals surface area contributed by atoms with E-state index in [1.54, 1.807) is 0 Å². The van der Waals surface area contributed by atoms with Gasteiger partial charge < -0.3 is 10.2 Å². The molecule has 0 aliphatic carbocycles. The summed E-state index contributed by atoms with van der Waals surface area (Å²) < 4.78 is 0. The van der Waals surface area contributed by atoms with Crippen molar-refractivity contribution in [3.63, 3.8) is 0 Å². The van der Waals surface area contributed by atoms with Gasteiger partial charge in [0.1, 0.15) is 0 Å². The van der Waals surface area contributed by atoms with Gasteiger partial charge in [-0.2, -0.15) is 0 Å². The Labute approximate surface area is 121 Å². The van der Waals surface area contributed by atoms with Gasteiger partial charge in [0.2, 0.25) is 0 Å². The maximum Gasteiger partial charge on any atom is -0.000664 e. The number of nitrogens with zero attached hydrogens (tertiary/aromatic N) is 1. The molecule has 2 nitrogen and oxygen atoms in total. The Morgan fingerprint density at radius 2 is 1.89 bits per heavy atom. The topological polar surface area (TPSA) is 15.3 Å². The molecule has 0 saturated carbocycles. The maximum atomic E-state index is 3.55. The summed E-state index contributed by atoms with van der Waals surface area (Å²) in [4.78, 5) is 2.68. The minimum absolute atomic E-state index is 0.495. The molecule has 0 radical (unpaired) electrons. The highest BCUT2D eigenvalue weighted by atomic mass is 15.1. The van der Waals surface area contributed by atoms with Crippen LogP contribution in [0.2, 0.25) is 0 Å². The second-order valence-electron chi connectivity index (χ2n) is 7.79. The van der Waals surface area contributed by atoms with Crippen molar-refractivity contribution in [1.29, 1.82) is 0 Å². The monoisotopic (exact) mass is 268 g/mol. The Bertz CT molecular complexity index is 230. The molecular weight excluding hydrogens is 232 g/mol. The molecule has 0 bridgehead atoms. The van der Waals surface area contributed by atoms with Crippen LogP contribution in [-0.4, -0.2) is 37.6 Å². The van der Waals surface area contributed by atoms with E-state index in [1.165, 1.54) is 51.9 Å². The van der Waals surface area contributed by atoms with Gasteiger partial charge in [0, 0.05) is 0 Å². The predicted octanol–water partition coefficient (Wildman–Crippen LogP) is 3.77. The van der Waals surface area contributed by atoms with Crippen LogP contribution in [0.4, 0.5) is 0 Å². The first-order chi connectivity index (χ1) is 8.89. The van der Waals surface area contributed by atoms with E-state index in [-0.39, 0.29) is 0 Å². The molecule has 1 saturated heterocycles. The van der Waals surface area contributed by atoms with E-state index in [1.807, 2.05) is 0 Å². The second-order valence-corrected chi connectivity index (χ2v) is 7.79. The van der Waals surface area contributed by atoms with Crippen molar-refractivity contribution in [1.82, 2.24) is 10.2 Å². The van der Waals surface area contributed by atoms with Crippen molar-refractivity contribution in [2.75, 3.05) is 32.7 Å². The van der Waals surface area contributed by atoms with Crippen LogP contribution < -0.4 is 5.32 Å². The van der Waals surface area contributed by atoms with Gasteiger partial charge in [0.05, 0.1) is 0 Å². The molecule has 1 aliphatic heterocycles. The lowest BCUT2D eigenvalue weighted by Gasteiger charge is -2.29. The summed E-state index contributed by atoms with van der Waals surface area (Å²) in [6, 6.07) is 0. The molecule has 1 N–H and O–H groups in total. The Balaban J connectivity index is 2.15. The van der Waals surface area contributed by atoms with E-state index in [0.717, 1.165) is 18.4 Å². The molecule has 0 amide bonds. The van der Waals surface area contributed by atoms with Crippen molar-refractivity contribution < 1.29 is 0 Å². The van der Waals surface area contributed by atoms with Crippen LogP contribution in [-0.2, 0) is 0 Å². The van der Waals surface area contributed by atoms with Crippen molar-refractivity contribution in [3.05, 3.63) is 0 Å². The van der Waals surface area contributed by atoms with Gasteiger partial charge in [0.15, 0.2) is 0 Å². The summed E-state index contributed by atoms with van der Waals surface area (Å²) in [6.45, 7) is 18.0. The average Bonchev–Trinajstić information content (AvgIpc) is 2.53. The molecule has 1 rings (SSSR count). The van der Waals surface area contributed by atoms with Crippen molar-refractivity contribution in [3.8, 4) is 0 Å². The normalized spacial score (nSPS) is 22.7. The molecule has 1 fully saturated rings. The van der Waals surface area contributed by atoms with Gasteiger partial charge >= 0.3 is 0 Å². The molecular formula is C17H36N2. The van der Waals surface area contributed by atoms with E-state index in [0.29, 0.717) is 5.41 Å². The number of likely N-dealkylation sites (tertiary alicyclic amines) is 1. The van der Waals surface area contributed by atoms with Crippen LogP contribution in [0.15, 0.2) is 0 Å². The fourth-order valence-corrected chi connectivity index (χ4v) is 3.06. The van der Waals surface area contributed by atoms with Gasteiger partial charge in [-0.3, -0.25) is 0 Å². The van der Waals surface area contributed by atoms with E-state index in [9.17, 15) is 0 Å². The zero-order valence-electron chi connectivity index (χ0n) is 14.0. The molecule has 19 heavy (non-hydrogen) atoms. The summed E-state index contributed by atoms with van der Waals surface area (Å²) in [6.07, 6.45) is 5.50. The third kappa shape index (κ3) is 7.31. The highest BCUT2D eigenvalue weighted by Crippen LogP contribution is 2.34. The molecule has 1 unspecified atom stereocenters. The fourth-order valence-electron chi connectivity index (χ4n) is 3.06. The third-order valence-electron chi connectivity index (χ3n) is 4.43. The number of rotatable bonds is 6. The lowest BCUT2D eigenvalue weighted by molar-refractivity contribution is 0.207. The lowest BCUT2D eigenvalue weighted by Crippen LogP contribution is -2.30. The van der Waals surface area contributed by atoms with E-state index >= 15 is 0 Å². The van der Waals surface area contributed by atoms with Crippen LogP contribution in [0.1, 0.15) is 60.3 Å². The van der Waals surface area contributed by atoms with Crippen LogP contribution >= 0.6 is 0 Å². The number of hydrogen-bond acceptors (Lipinski definition) is 2. The third-order valence-corrected chi connectivity index (χ3v) is 4.43. The lowest BCUT2D eigenvalue weighted by atomic mass is 9.77. The second kappa shape index (κ2) is 8.26. The summed E-state index contributed by atoms with van der Waals surface area (Å²) in [5, 5.41) is 3.55. The number of hydrogen-bond donors (Lipinski definition) is 1. The zero-order valence-corrected chi connectivity index (χ0v) is 14.0. The minimum Gasteiger partial charge on any atom is -0.316 e. The van der Waals surface area contributed by atoms with Crippen molar-refractivity contribution in [2.45, 2.75) is 60.3 Å².